The average molecular weight is 209 g/mol. The van der Waals surface area contributed by atoms with Crippen molar-refractivity contribution in [1.82, 2.24) is 8.83 Å². The zero-order chi connectivity index (χ0) is 8.36. The lowest BCUT2D eigenvalue weighted by molar-refractivity contribution is 0.141. The third-order valence-corrected chi connectivity index (χ3v) is 1.78. The number of rotatable bonds is 2. The fourth-order valence-electron chi connectivity index (χ4n) is 0.504. The van der Waals surface area contributed by atoms with Gasteiger partial charge >= 0.3 is 0 Å². The Morgan fingerprint density at radius 1 is 1.20 bits per heavy atom. The highest BCUT2D eigenvalue weighted by molar-refractivity contribution is 9.07. The Labute approximate surface area is 72.5 Å². The van der Waals surface area contributed by atoms with E-state index in [9.17, 15) is 0 Å². The molecule has 0 unspecified atom stereocenters. The van der Waals surface area contributed by atoms with E-state index in [1.54, 1.807) is 0 Å². The maximum Gasteiger partial charge on any atom is 0.0608 e. The highest BCUT2D eigenvalue weighted by atomic mass is 79.9. The summed E-state index contributed by atoms with van der Waals surface area (Å²) in [5.74, 6) is 0. The van der Waals surface area contributed by atoms with Crippen LogP contribution >= 0.6 is 16.1 Å². The Bertz CT molecular complexity index is 96.3. The Morgan fingerprint density at radius 3 is 1.70 bits per heavy atom. The second-order valence-electron chi connectivity index (χ2n) is 3.61. The van der Waals surface area contributed by atoms with Crippen LogP contribution in [0.5, 0.6) is 0 Å². The van der Waals surface area contributed by atoms with Gasteiger partial charge in [0.1, 0.15) is 0 Å². The molecule has 0 aliphatic rings. The monoisotopic (exact) mass is 208 g/mol. The molecule has 0 aliphatic heterocycles. The number of hydrogen-bond acceptors (Lipinski definition) is 2. The molecule has 0 rings (SSSR count). The zero-order valence-corrected chi connectivity index (χ0v) is 9.07. The third-order valence-electron chi connectivity index (χ3n) is 1.55. The van der Waals surface area contributed by atoms with Crippen LogP contribution in [0.15, 0.2) is 0 Å². The average Bonchev–Trinajstić information content (AvgIpc) is 1.60. The van der Waals surface area contributed by atoms with E-state index in [0.29, 0.717) is 0 Å². The molecule has 0 spiro atoms. The first-order valence-electron chi connectivity index (χ1n) is 3.42. The topological polar surface area (TPSA) is 6.48 Å². The van der Waals surface area contributed by atoms with Crippen LogP contribution in [0.4, 0.5) is 0 Å². The molecule has 0 N–H and O–H groups in total. The minimum Gasteiger partial charge on any atom is -0.288 e. The Balaban J connectivity index is 3.73. The predicted molar refractivity (Wildman–Crippen MR) is 49.1 cm³/mol. The van der Waals surface area contributed by atoms with Crippen LogP contribution < -0.4 is 0 Å². The van der Waals surface area contributed by atoms with Gasteiger partial charge in [-0.1, -0.05) is 0 Å². The van der Waals surface area contributed by atoms with Crippen molar-refractivity contribution >= 4 is 16.1 Å². The Kier molecular flexibility index (Phi) is 3.84. The second-order valence-corrected chi connectivity index (χ2v) is 4.83. The Morgan fingerprint density at radius 2 is 1.60 bits per heavy atom. The van der Waals surface area contributed by atoms with E-state index in [1.807, 2.05) is 11.0 Å². The minimum absolute atomic E-state index is 0.252. The van der Waals surface area contributed by atoms with Crippen molar-refractivity contribution in [2.45, 2.75) is 26.3 Å². The van der Waals surface area contributed by atoms with Crippen molar-refractivity contribution in [3.63, 3.8) is 0 Å². The summed E-state index contributed by atoms with van der Waals surface area (Å²) in [5, 5.41) is 0. The van der Waals surface area contributed by atoms with Gasteiger partial charge in [-0.2, -0.15) is 0 Å². The van der Waals surface area contributed by atoms with Crippen LogP contribution in [0, 0.1) is 0 Å². The first-order valence-corrected chi connectivity index (χ1v) is 4.13. The van der Waals surface area contributed by atoms with Crippen molar-refractivity contribution in [2.75, 3.05) is 20.8 Å². The molecule has 0 atom stereocenters. The zero-order valence-electron chi connectivity index (χ0n) is 7.48. The molecule has 0 aromatic carbocycles. The molecule has 0 amide bonds. The molecule has 0 aromatic rings. The van der Waals surface area contributed by atoms with E-state index in [4.69, 9.17) is 0 Å². The molecule has 0 heterocycles. The van der Waals surface area contributed by atoms with E-state index in [1.165, 1.54) is 0 Å². The molecule has 3 heteroatoms. The van der Waals surface area contributed by atoms with Gasteiger partial charge in [0.25, 0.3) is 0 Å². The molecule has 0 radical (unpaired) electrons. The van der Waals surface area contributed by atoms with Gasteiger partial charge in [-0.15, -0.1) is 0 Å². The fourth-order valence-corrected chi connectivity index (χ4v) is 0.841. The van der Waals surface area contributed by atoms with Crippen LogP contribution in [-0.2, 0) is 0 Å². The number of hydrogen-bond donors (Lipinski definition) is 0. The Hall–Kier alpha value is 0.400. The summed E-state index contributed by atoms with van der Waals surface area (Å²) >= 11 is 3.36. The van der Waals surface area contributed by atoms with Gasteiger partial charge in [0, 0.05) is 21.7 Å². The molecule has 0 aliphatic carbocycles. The largest absolute Gasteiger partial charge is 0.288 e. The van der Waals surface area contributed by atoms with Gasteiger partial charge in [-0.25, -0.2) is 3.93 Å². The van der Waals surface area contributed by atoms with Crippen molar-refractivity contribution in [2.24, 2.45) is 0 Å². The molecular formula is C7H17BrN2. The SMILES string of the molecule is CN(Br)CN(C)C(C)(C)C. The molecule has 0 aromatic heterocycles. The van der Waals surface area contributed by atoms with Gasteiger partial charge in [-0.05, 0) is 34.9 Å². The van der Waals surface area contributed by atoms with E-state index in [0.717, 1.165) is 6.67 Å². The van der Waals surface area contributed by atoms with Crippen molar-refractivity contribution in [1.29, 1.82) is 0 Å². The molecule has 10 heavy (non-hydrogen) atoms. The first kappa shape index (κ1) is 10.4. The van der Waals surface area contributed by atoms with Gasteiger partial charge in [0.15, 0.2) is 0 Å². The first-order chi connectivity index (χ1) is 4.34. The fraction of sp³-hybridized carbons (Fsp3) is 1.00. The smallest absolute Gasteiger partial charge is 0.0608 e. The second kappa shape index (κ2) is 3.69. The van der Waals surface area contributed by atoms with E-state index in [-0.39, 0.29) is 5.54 Å². The highest BCUT2D eigenvalue weighted by Gasteiger charge is 2.16. The summed E-state index contributed by atoms with van der Waals surface area (Å²) < 4.78 is 1.98. The van der Waals surface area contributed by atoms with E-state index < -0.39 is 0 Å². The summed E-state index contributed by atoms with van der Waals surface area (Å²) in [7, 11) is 4.11. The maximum atomic E-state index is 3.36. The lowest BCUT2D eigenvalue weighted by Crippen LogP contribution is -2.41. The molecule has 0 fully saturated rings. The summed E-state index contributed by atoms with van der Waals surface area (Å²) in [6.45, 7) is 7.53. The quantitative estimate of drug-likeness (QED) is 0.506. The minimum atomic E-state index is 0.252. The lowest BCUT2D eigenvalue weighted by atomic mass is 10.1. The predicted octanol–water partition coefficient (Wildman–Crippen LogP) is 1.92. The van der Waals surface area contributed by atoms with Crippen LogP contribution in [0.2, 0.25) is 0 Å². The molecular weight excluding hydrogens is 192 g/mol. The highest BCUT2D eigenvalue weighted by Crippen LogP contribution is 2.10. The molecule has 0 bridgehead atoms. The van der Waals surface area contributed by atoms with Crippen LogP contribution in [0.25, 0.3) is 0 Å². The molecule has 2 nitrogen and oxygen atoms in total. The van der Waals surface area contributed by atoms with Gasteiger partial charge < -0.3 is 0 Å². The normalized spacial score (nSPS) is 13.2. The van der Waals surface area contributed by atoms with E-state index >= 15 is 0 Å². The summed E-state index contributed by atoms with van der Waals surface area (Å²) in [6.07, 6.45) is 0. The summed E-state index contributed by atoms with van der Waals surface area (Å²) in [6, 6.07) is 0. The van der Waals surface area contributed by atoms with Crippen LogP contribution in [0.1, 0.15) is 20.8 Å². The molecule has 0 saturated heterocycles. The summed E-state index contributed by atoms with van der Waals surface area (Å²) in [5.41, 5.74) is 0.252. The third kappa shape index (κ3) is 4.25. The summed E-state index contributed by atoms with van der Waals surface area (Å²) in [4.78, 5) is 2.27. The molecule has 62 valence electrons. The maximum absolute atomic E-state index is 3.36. The van der Waals surface area contributed by atoms with Crippen molar-refractivity contribution in [3.05, 3.63) is 0 Å². The number of halogens is 1. The van der Waals surface area contributed by atoms with Crippen LogP contribution in [-0.4, -0.2) is 35.1 Å². The lowest BCUT2D eigenvalue weighted by Gasteiger charge is -2.33. The van der Waals surface area contributed by atoms with Gasteiger partial charge in [0.05, 0.1) is 6.67 Å². The van der Waals surface area contributed by atoms with Gasteiger partial charge in [-0.3, -0.25) is 4.90 Å². The van der Waals surface area contributed by atoms with Gasteiger partial charge in [0.2, 0.25) is 0 Å². The van der Waals surface area contributed by atoms with Crippen LogP contribution in [0.3, 0.4) is 0 Å². The van der Waals surface area contributed by atoms with Crippen molar-refractivity contribution in [3.8, 4) is 0 Å². The van der Waals surface area contributed by atoms with Crippen molar-refractivity contribution < 1.29 is 0 Å². The van der Waals surface area contributed by atoms with E-state index in [2.05, 4.69) is 48.9 Å². The standard InChI is InChI=1S/C7H17BrN2/c1-7(2,3)9(4)6-10(5)8/h6H2,1-5H3. The number of nitrogens with zero attached hydrogens (tertiary/aromatic N) is 2. The molecule has 0 saturated carbocycles.